The normalized spacial score (nSPS) is 13.9. The average molecular weight is 538 g/mol. The Morgan fingerprint density at radius 3 is 2.18 bits per heavy atom. The van der Waals surface area contributed by atoms with E-state index in [4.69, 9.17) is 24.9 Å². The number of carbonyl (C=O) groups excluding carboxylic acids is 1. The van der Waals surface area contributed by atoms with E-state index < -0.39 is 11.9 Å². The number of carboxylic acid groups (broad SMARTS) is 2. The first kappa shape index (κ1) is 31.2. The van der Waals surface area contributed by atoms with Crippen molar-refractivity contribution in [2.45, 2.75) is 78.8 Å². The molecule has 0 aliphatic heterocycles. The predicted molar refractivity (Wildman–Crippen MR) is 150 cm³/mol. The van der Waals surface area contributed by atoms with E-state index >= 15 is 0 Å². The fourth-order valence-corrected chi connectivity index (χ4v) is 4.96. The summed E-state index contributed by atoms with van der Waals surface area (Å²) in [5.41, 5.74) is 8.07. The summed E-state index contributed by atoms with van der Waals surface area (Å²) in [6, 6.07) is 17.0. The summed E-state index contributed by atoms with van der Waals surface area (Å²) in [6.07, 6.45) is 3.02. The van der Waals surface area contributed by atoms with E-state index in [2.05, 4.69) is 83.1 Å². The summed E-state index contributed by atoms with van der Waals surface area (Å²) in [5.74, 6) is -3.08. The molecule has 1 heterocycles. The lowest BCUT2D eigenvalue weighted by Crippen LogP contribution is -2.36. The number of carbonyl (C=O) groups is 3. The second-order valence-corrected chi connectivity index (χ2v) is 9.89. The van der Waals surface area contributed by atoms with Crippen LogP contribution in [0.2, 0.25) is 0 Å². The molecule has 1 aliphatic rings. The van der Waals surface area contributed by atoms with Crippen molar-refractivity contribution in [1.29, 1.82) is 0 Å². The first-order chi connectivity index (χ1) is 18.0. The lowest BCUT2D eigenvalue weighted by Gasteiger charge is -2.31. The number of nitrogens with zero attached hydrogens (tertiary/aromatic N) is 3. The van der Waals surface area contributed by atoms with Crippen LogP contribution in [-0.2, 0) is 33.9 Å². The van der Waals surface area contributed by atoms with Crippen molar-refractivity contribution in [3.63, 3.8) is 0 Å². The van der Waals surface area contributed by atoms with E-state index in [0.717, 1.165) is 48.4 Å². The molecule has 0 bridgehead atoms. The van der Waals surface area contributed by atoms with Crippen molar-refractivity contribution in [1.82, 2.24) is 9.78 Å². The second-order valence-electron chi connectivity index (χ2n) is 9.89. The molecular weight excluding hydrogens is 498 g/mol. The summed E-state index contributed by atoms with van der Waals surface area (Å²) >= 11 is 0. The SMILES string of the molecule is CCn1nc(C)c(CN(C(=O)C2CCCc3ccccc32)c2ccc(C(C)C)cc2)c1C.O.O=C(O)C(=O)O. The van der Waals surface area contributed by atoms with Gasteiger partial charge in [0.15, 0.2) is 0 Å². The lowest BCUT2D eigenvalue weighted by molar-refractivity contribution is -0.159. The summed E-state index contributed by atoms with van der Waals surface area (Å²) in [6.45, 7) is 12.0. The number of hydrogen-bond donors (Lipinski definition) is 2. The van der Waals surface area contributed by atoms with Gasteiger partial charge in [-0.3, -0.25) is 9.48 Å². The molecule has 0 saturated carbocycles. The molecule has 0 saturated heterocycles. The quantitative estimate of drug-likeness (QED) is 0.439. The minimum absolute atomic E-state index is 0. The summed E-state index contributed by atoms with van der Waals surface area (Å²) in [4.78, 5) is 34.3. The number of fused-ring (bicyclic) bond motifs is 1. The van der Waals surface area contributed by atoms with E-state index in [-0.39, 0.29) is 17.3 Å². The van der Waals surface area contributed by atoms with Crippen LogP contribution in [0.5, 0.6) is 0 Å². The van der Waals surface area contributed by atoms with Gasteiger partial charge in [0.05, 0.1) is 18.2 Å². The van der Waals surface area contributed by atoms with E-state index in [1.54, 1.807) is 0 Å². The van der Waals surface area contributed by atoms with Crippen LogP contribution in [0.15, 0.2) is 48.5 Å². The van der Waals surface area contributed by atoms with Crippen LogP contribution in [0, 0.1) is 13.8 Å². The minimum Gasteiger partial charge on any atom is -0.473 e. The van der Waals surface area contributed by atoms with Gasteiger partial charge >= 0.3 is 11.9 Å². The Balaban J connectivity index is 0.000000687. The Morgan fingerprint density at radius 1 is 1.03 bits per heavy atom. The third kappa shape index (κ3) is 7.32. The molecule has 0 radical (unpaired) electrons. The van der Waals surface area contributed by atoms with Gasteiger partial charge in [-0.15, -0.1) is 0 Å². The third-order valence-corrected chi connectivity index (χ3v) is 7.14. The Kier molecular flexibility index (Phi) is 11.0. The highest BCUT2D eigenvalue weighted by molar-refractivity contribution is 6.27. The smallest absolute Gasteiger partial charge is 0.414 e. The molecule has 39 heavy (non-hydrogen) atoms. The van der Waals surface area contributed by atoms with Gasteiger partial charge in [-0.2, -0.15) is 5.10 Å². The van der Waals surface area contributed by atoms with Crippen LogP contribution < -0.4 is 4.90 Å². The fourth-order valence-electron chi connectivity index (χ4n) is 4.96. The maximum absolute atomic E-state index is 14.1. The van der Waals surface area contributed by atoms with E-state index in [1.807, 2.05) is 9.58 Å². The zero-order valence-corrected chi connectivity index (χ0v) is 23.3. The van der Waals surface area contributed by atoms with Gasteiger partial charge in [-0.1, -0.05) is 50.2 Å². The second kappa shape index (κ2) is 13.7. The number of aliphatic carboxylic acids is 2. The molecule has 1 atom stereocenters. The first-order valence-electron chi connectivity index (χ1n) is 13.0. The summed E-state index contributed by atoms with van der Waals surface area (Å²) < 4.78 is 2.03. The van der Waals surface area contributed by atoms with Crippen LogP contribution in [0.1, 0.15) is 79.1 Å². The largest absolute Gasteiger partial charge is 0.473 e. The van der Waals surface area contributed by atoms with Crippen molar-refractivity contribution in [3.05, 3.63) is 82.2 Å². The number of anilines is 1. The van der Waals surface area contributed by atoms with Crippen molar-refractivity contribution in [2.24, 2.45) is 0 Å². The van der Waals surface area contributed by atoms with Crippen LogP contribution in [0.25, 0.3) is 0 Å². The Bertz CT molecular complexity index is 1280. The Labute approximate surface area is 229 Å². The molecule has 9 nitrogen and oxygen atoms in total. The number of hydrogen-bond acceptors (Lipinski definition) is 4. The molecule has 3 aromatic rings. The zero-order chi connectivity index (χ0) is 28.0. The number of amides is 1. The van der Waals surface area contributed by atoms with Crippen molar-refractivity contribution in [2.75, 3.05) is 4.90 Å². The standard InChI is InChI=1S/C28H35N3O.C2H2O4.H2O/c1-6-31-21(5)27(20(4)29-31)18-30(24-16-14-22(15-17-24)19(2)3)28(32)26-13-9-11-23-10-7-8-12-25(23)26;3-1(4)2(5)6;/h7-8,10,12,14-17,19,26H,6,9,11,13,18H2,1-5H3;(H,3,4)(H,5,6);1H2. The molecule has 2 aromatic carbocycles. The highest BCUT2D eigenvalue weighted by atomic mass is 16.4. The number of benzene rings is 2. The van der Waals surface area contributed by atoms with E-state index in [0.29, 0.717) is 12.5 Å². The molecule has 4 rings (SSSR count). The van der Waals surface area contributed by atoms with Gasteiger partial charge in [0, 0.05) is 23.5 Å². The van der Waals surface area contributed by atoms with Gasteiger partial charge < -0.3 is 20.6 Å². The van der Waals surface area contributed by atoms with Crippen LogP contribution in [-0.4, -0.2) is 43.3 Å². The zero-order valence-electron chi connectivity index (χ0n) is 23.3. The molecule has 4 N–H and O–H groups in total. The van der Waals surface area contributed by atoms with Crippen molar-refractivity contribution in [3.8, 4) is 0 Å². The lowest BCUT2D eigenvalue weighted by atomic mass is 9.82. The highest BCUT2D eigenvalue weighted by Gasteiger charge is 2.31. The highest BCUT2D eigenvalue weighted by Crippen LogP contribution is 2.35. The monoisotopic (exact) mass is 537 g/mol. The van der Waals surface area contributed by atoms with Gasteiger partial charge in [0.25, 0.3) is 0 Å². The number of carboxylic acids is 2. The summed E-state index contributed by atoms with van der Waals surface area (Å²) in [5, 5.41) is 19.5. The molecule has 210 valence electrons. The van der Waals surface area contributed by atoms with Crippen LogP contribution in [0.4, 0.5) is 5.69 Å². The van der Waals surface area contributed by atoms with Gasteiger partial charge in [-0.05, 0) is 74.8 Å². The van der Waals surface area contributed by atoms with Crippen LogP contribution >= 0.6 is 0 Å². The fraction of sp³-hybridized carbons (Fsp3) is 0.400. The van der Waals surface area contributed by atoms with E-state index in [9.17, 15) is 4.79 Å². The average Bonchev–Trinajstić information content (AvgIpc) is 3.18. The number of aryl methyl sites for hydroxylation is 3. The third-order valence-electron chi connectivity index (χ3n) is 7.14. The molecule has 1 amide bonds. The number of aromatic nitrogens is 2. The molecule has 9 heteroatoms. The van der Waals surface area contributed by atoms with Gasteiger partial charge in [0.1, 0.15) is 0 Å². The van der Waals surface area contributed by atoms with E-state index in [1.165, 1.54) is 16.7 Å². The first-order valence-corrected chi connectivity index (χ1v) is 13.0. The number of rotatable bonds is 6. The molecule has 1 unspecified atom stereocenters. The van der Waals surface area contributed by atoms with Gasteiger partial charge in [0.2, 0.25) is 5.91 Å². The van der Waals surface area contributed by atoms with Crippen LogP contribution in [0.3, 0.4) is 0 Å². The van der Waals surface area contributed by atoms with Crippen molar-refractivity contribution >= 4 is 23.5 Å². The maximum Gasteiger partial charge on any atom is 0.414 e. The molecule has 0 fully saturated rings. The maximum atomic E-state index is 14.1. The predicted octanol–water partition coefficient (Wildman–Crippen LogP) is 4.63. The molecule has 1 aromatic heterocycles. The summed E-state index contributed by atoms with van der Waals surface area (Å²) in [7, 11) is 0. The van der Waals surface area contributed by atoms with Gasteiger partial charge in [-0.25, -0.2) is 9.59 Å². The van der Waals surface area contributed by atoms with Crippen molar-refractivity contribution < 1.29 is 30.1 Å². The topological polar surface area (TPSA) is 144 Å². The minimum atomic E-state index is -1.82. The Hall–Kier alpha value is -3.98. The molecular formula is C30H39N3O6. The molecule has 0 spiro atoms. The molecule has 1 aliphatic carbocycles. The Morgan fingerprint density at radius 2 is 1.64 bits per heavy atom.